The van der Waals surface area contributed by atoms with Crippen LogP contribution < -0.4 is 0 Å². The molecule has 25 heavy (non-hydrogen) atoms. The average Bonchev–Trinajstić information content (AvgIpc) is 2.59. The second-order valence-electron chi connectivity index (χ2n) is 7.15. The van der Waals surface area contributed by atoms with Gasteiger partial charge in [0.25, 0.3) is 0 Å². The largest absolute Gasteiger partial charge is 0.339 e. The predicted octanol–water partition coefficient (Wildman–Crippen LogP) is 2.67. The molecule has 1 aromatic carbocycles. The van der Waals surface area contributed by atoms with Crippen molar-refractivity contribution in [2.45, 2.75) is 40.0 Å². The number of piperazine rings is 1. The Balaban J connectivity index is 1.76. The van der Waals surface area contributed by atoms with Crippen LogP contribution in [0.25, 0.3) is 0 Å². The van der Waals surface area contributed by atoms with Gasteiger partial charge >= 0.3 is 0 Å². The summed E-state index contributed by atoms with van der Waals surface area (Å²) >= 11 is 0. The van der Waals surface area contributed by atoms with Crippen molar-refractivity contribution < 1.29 is 14.4 Å². The highest BCUT2D eigenvalue weighted by Gasteiger charge is 2.24. The maximum atomic E-state index is 12.3. The van der Waals surface area contributed by atoms with Crippen molar-refractivity contribution in [3.8, 4) is 0 Å². The molecule has 1 saturated heterocycles. The molecule has 0 N–H and O–H groups in total. The van der Waals surface area contributed by atoms with Gasteiger partial charge in [0.05, 0.1) is 0 Å². The molecule has 0 unspecified atom stereocenters. The SMILES string of the molecule is Cc1ccc(C(=O)CCC(=O)N2CCN(C(=O)CC(C)C)CC2)cc1. The van der Waals surface area contributed by atoms with Crippen molar-refractivity contribution in [1.82, 2.24) is 9.80 Å². The molecule has 1 heterocycles. The number of rotatable bonds is 6. The summed E-state index contributed by atoms with van der Waals surface area (Å²) in [7, 11) is 0. The van der Waals surface area contributed by atoms with Crippen LogP contribution in [0.5, 0.6) is 0 Å². The highest BCUT2D eigenvalue weighted by atomic mass is 16.2. The van der Waals surface area contributed by atoms with E-state index >= 15 is 0 Å². The number of nitrogens with zero attached hydrogens (tertiary/aromatic N) is 2. The minimum Gasteiger partial charge on any atom is -0.339 e. The number of Topliss-reactive ketones (excluding diaryl/α,β-unsaturated/α-hetero) is 1. The fourth-order valence-corrected chi connectivity index (χ4v) is 2.95. The Kier molecular flexibility index (Phi) is 6.73. The summed E-state index contributed by atoms with van der Waals surface area (Å²) in [6.45, 7) is 8.32. The molecule has 0 aliphatic carbocycles. The van der Waals surface area contributed by atoms with Crippen molar-refractivity contribution in [2.24, 2.45) is 5.92 Å². The van der Waals surface area contributed by atoms with Crippen LogP contribution in [0.2, 0.25) is 0 Å². The maximum Gasteiger partial charge on any atom is 0.223 e. The minimum absolute atomic E-state index is 0.000836. The fourth-order valence-electron chi connectivity index (χ4n) is 2.95. The third-order valence-corrected chi connectivity index (χ3v) is 4.51. The lowest BCUT2D eigenvalue weighted by Crippen LogP contribution is -2.50. The fraction of sp³-hybridized carbons (Fsp3) is 0.550. The molecular formula is C20H28N2O3. The average molecular weight is 344 g/mol. The molecule has 2 amide bonds. The first-order valence-corrected chi connectivity index (χ1v) is 9.02. The van der Waals surface area contributed by atoms with E-state index in [4.69, 9.17) is 0 Å². The van der Waals surface area contributed by atoms with E-state index in [1.54, 1.807) is 17.0 Å². The summed E-state index contributed by atoms with van der Waals surface area (Å²) in [6.07, 6.45) is 1.01. The molecule has 5 nitrogen and oxygen atoms in total. The van der Waals surface area contributed by atoms with E-state index in [-0.39, 0.29) is 30.4 Å². The Morgan fingerprint density at radius 1 is 0.880 bits per heavy atom. The van der Waals surface area contributed by atoms with Gasteiger partial charge in [-0.25, -0.2) is 0 Å². The number of hydrogen-bond donors (Lipinski definition) is 0. The second-order valence-corrected chi connectivity index (χ2v) is 7.15. The molecule has 5 heteroatoms. The van der Waals surface area contributed by atoms with E-state index < -0.39 is 0 Å². The smallest absolute Gasteiger partial charge is 0.223 e. The van der Waals surface area contributed by atoms with Crippen LogP contribution in [0.1, 0.15) is 49.0 Å². The molecule has 0 atom stereocenters. The van der Waals surface area contributed by atoms with Gasteiger partial charge < -0.3 is 9.80 Å². The summed E-state index contributed by atoms with van der Waals surface area (Å²) in [5.41, 5.74) is 1.76. The van der Waals surface area contributed by atoms with Crippen molar-refractivity contribution in [3.63, 3.8) is 0 Å². The molecule has 0 saturated carbocycles. The minimum atomic E-state index is -0.00331. The molecule has 1 aromatic rings. The van der Waals surface area contributed by atoms with E-state index in [1.165, 1.54) is 0 Å². The topological polar surface area (TPSA) is 57.7 Å². The van der Waals surface area contributed by atoms with Crippen LogP contribution in [0, 0.1) is 12.8 Å². The lowest BCUT2D eigenvalue weighted by atomic mass is 10.0. The van der Waals surface area contributed by atoms with Crippen LogP contribution in [0.4, 0.5) is 0 Å². The van der Waals surface area contributed by atoms with Gasteiger partial charge in [0.2, 0.25) is 11.8 Å². The second kappa shape index (κ2) is 8.79. The lowest BCUT2D eigenvalue weighted by Gasteiger charge is -2.35. The van der Waals surface area contributed by atoms with Crippen molar-refractivity contribution in [1.29, 1.82) is 0 Å². The quantitative estimate of drug-likeness (QED) is 0.746. The summed E-state index contributed by atoms with van der Waals surface area (Å²) < 4.78 is 0. The Bertz CT molecular complexity index is 614. The van der Waals surface area contributed by atoms with Gasteiger partial charge in [-0.05, 0) is 12.8 Å². The zero-order chi connectivity index (χ0) is 18.4. The number of carbonyl (C=O) groups excluding carboxylic acids is 3. The number of amides is 2. The summed E-state index contributed by atoms with van der Waals surface area (Å²) in [5, 5.41) is 0. The molecule has 2 rings (SSSR count). The zero-order valence-electron chi connectivity index (χ0n) is 15.5. The lowest BCUT2D eigenvalue weighted by molar-refractivity contribution is -0.139. The monoisotopic (exact) mass is 344 g/mol. The van der Waals surface area contributed by atoms with Crippen LogP contribution >= 0.6 is 0 Å². The number of hydrogen-bond acceptors (Lipinski definition) is 3. The van der Waals surface area contributed by atoms with Gasteiger partial charge in [0, 0.05) is 51.0 Å². The van der Waals surface area contributed by atoms with E-state index in [0.717, 1.165) is 5.56 Å². The van der Waals surface area contributed by atoms with Crippen molar-refractivity contribution in [3.05, 3.63) is 35.4 Å². The first-order chi connectivity index (χ1) is 11.9. The predicted molar refractivity (Wildman–Crippen MR) is 97.4 cm³/mol. The zero-order valence-corrected chi connectivity index (χ0v) is 15.5. The number of aryl methyl sites for hydroxylation is 1. The van der Waals surface area contributed by atoms with Crippen LogP contribution in [-0.4, -0.2) is 53.6 Å². The van der Waals surface area contributed by atoms with E-state index in [1.807, 2.05) is 37.8 Å². The molecule has 0 spiro atoms. The Morgan fingerprint density at radius 3 is 1.92 bits per heavy atom. The Morgan fingerprint density at radius 2 is 1.40 bits per heavy atom. The number of ketones is 1. The van der Waals surface area contributed by atoms with E-state index in [9.17, 15) is 14.4 Å². The first-order valence-electron chi connectivity index (χ1n) is 9.02. The van der Waals surface area contributed by atoms with Gasteiger partial charge in [-0.2, -0.15) is 0 Å². The molecule has 0 bridgehead atoms. The van der Waals surface area contributed by atoms with Crippen LogP contribution in [-0.2, 0) is 9.59 Å². The summed E-state index contributed by atoms with van der Waals surface area (Å²) in [6, 6.07) is 7.42. The molecule has 1 aliphatic heterocycles. The summed E-state index contributed by atoms with van der Waals surface area (Å²) in [5.74, 6) is 0.507. The molecule has 1 aliphatic rings. The third kappa shape index (κ3) is 5.69. The maximum absolute atomic E-state index is 12.3. The molecule has 0 radical (unpaired) electrons. The number of carbonyl (C=O) groups is 3. The molecule has 136 valence electrons. The standard InChI is InChI=1S/C20H28N2O3/c1-15(2)14-20(25)22-12-10-21(11-13-22)19(24)9-8-18(23)17-6-4-16(3)5-7-17/h4-7,15H,8-14H2,1-3H3. The highest BCUT2D eigenvalue weighted by Crippen LogP contribution is 2.12. The Hall–Kier alpha value is -2.17. The molecular weight excluding hydrogens is 316 g/mol. The third-order valence-electron chi connectivity index (χ3n) is 4.51. The van der Waals surface area contributed by atoms with Gasteiger partial charge in [-0.1, -0.05) is 43.7 Å². The first kappa shape index (κ1) is 19.2. The number of benzene rings is 1. The highest BCUT2D eigenvalue weighted by molar-refractivity contribution is 5.98. The van der Waals surface area contributed by atoms with Gasteiger partial charge in [-0.15, -0.1) is 0 Å². The molecule has 1 fully saturated rings. The van der Waals surface area contributed by atoms with Gasteiger partial charge in [0.1, 0.15) is 0 Å². The van der Waals surface area contributed by atoms with Gasteiger partial charge in [-0.3, -0.25) is 14.4 Å². The van der Waals surface area contributed by atoms with Crippen LogP contribution in [0.3, 0.4) is 0 Å². The van der Waals surface area contributed by atoms with Crippen molar-refractivity contribution >= 4 is 17.6 Å². The van der Waals surface area contributed by atoms with Gasteiger partial charge in [0.15, 0.2) is 5.78 Å². The molecule has 0 aromatic heterocycles. The summed E-state index contributed by atoms with van der Waals surface area (Å²) in [4.78, 5) is 40.1. The van der Waals surface area contributed by atoms with Crippen molar-refractivity contribution in [2.75, 3.05) is 26.2 Å². The van der Waals surface area contributed by atoms with E-state index in [0.29, 0.717) is 44.1 Å². The Labute approximate surface area is 150 Å². The van der Waals surface area contributed by atoms with E-state index in [2.05, 4.69) is 0 Å². The van der Waals surface area contributed by atoms with Crippen LogP contribution in [0.15, 0.2) is 24.3 Å². The normalized spacial score (nSPS) is 14.7.